The summed E-state index contributed by atoms with van der Waals surface area (Å²) >= 11 is 12.5. The number of nitrogens with two attached hydrogens (primary N) is 1. The van der Waals surface area contributed by atoms with Crippen LogP contribution in [0.25, 0.3) is 16.7 Å². The average Bonchev–Trinajstić information content (AvgIpc) is 3.54. The standard InChI is InChI=1S/C20H16Cl2F2N8O2/c21-12-5-10(32-8-27-29-19(32)16(23)24)1-2-11(12)20(33)28-9-3-4-31(7-9)18-15-14(13(22)6-26-18)17(25)30-34-15/h1-2,5-6,8-9,16H,3-4,7H2,(H2,25,30)(H,28,33)/t9-/m1/s1. The number of nitrogen functional groups attached to an aromatic ring is 1. The van der Waals surface area contributed by atoms with Crippen molar-refractivity contribution in [3.63, 3.8) is 0 Å². The molecule has 1 saturated heterocycles. The molecule has 0 bridgehead atoms. The first-order chi connectivity index (χ1) is 16.3. The molecule has 1 aromatic carbocycles. The van der Waals surface area contributed by atoms with E-state index in [1.165, 1.54) is 24.4 Å². The number of aromatic nitrogens is 5. The van der Waals surface area contributed by atoms with Gasteiger partial charge >= 0.3 is 0 Å². The van der Waals surface area contributed by atoms with E-state index < -0.39 is 12.2 Å². The molecule has 3 aromatic heterocycles. The number of benzene rings is 1. The van der Waals surface area contributed by atoms with Crippen molar-refractivity contribution in [1.82, 2.24) is 30.2 Å². The Hall–Kier alpha value is -3.51. The fourth-order valence-corrected chi connectivity index (χ4v) is 4.41. The molecule has 3 N–H and O–H groups in total. The van der Waals surface area contributed by atoms with Gasteiger partial charge < -0.3 is 20.5 Å². The predicted octanol–water partition coefficient (Wildman–Crippen LogP) is 3.64. The molecule has 34 heavy (non-hydrogen) atoms. The predicted molar refractivity (Wildman–Crippen MR) is 121 cm³/mol. The first-order valence-corrected chi connectivity index (χ1v) is 10.8. The fourth-order valence-electron chi connectivity index (χ4n) is 3.92. The number of nitrogens with zero attached hydrogens (tertiary/aromatic N) is 6. The average molecular weight is 509 g/mol. The molecule has 1 aliphatic heterocycles. The molecule has 1 fully saturated rings. The molecule has 0 saturated carbocycles. The van der Waals surface area contributed by atoms with Gasteiger partial charge in [-0.05, 0) is 24.6 Å². The Balaban J connectivity index is 1.30. The molecule has 0 unspecified atom stereocenters. The van der Waals surface area contributed by atoms with Crippen LogP contribution in [0.1, 0.15) is 29.0 Å². The number of anilines is 2. The number of pyridine rings is 1. The number of alkyl halides is 2. The van der Waals surface area contributed by atoms with Gasteiger partial charge in [0.15, 0.2) is 11.6 Å². The lowest BCUT2D eigenvalue weighted by molar-refractivity contribution is 0.0940. The van der Waals surface area contributed by atoms with Crippen LogP contribution < -0.4 is 16.0 Å². The van der Waals surface area contributed by atoms with Crippen molar-refractivity contribution in [2.45, 2.75) is 18.9 Å². The minimum absolute atomic E-state index is 0.108. The Labute approximate surface area is 200 Å². The van der Waals surface area contributed by atoms with Crippen molar-refractivity contribution >= 4 is 51.7 Å². The van der Waals surface area contributed by atoms with E-state index in [1.807, 2.05) is 4.90 Å². The number of amides is 1. The second-order valence-electron chi connectivity index (χ2n) is 7.63. The Kier molecular flexibility index (Phi) is 5.70. The number of hydrogen-bond acceptors (Lipinski definition) is 8. The lowest BCUT2D eigenvalue weighted by Crippen LogP contribution is -2.37. The summed E-state index contributed by atoms with van der Waals surface area (Å²) in [5, 5.41) is 14.6. The van der Waals surface area contributed by atoms with Gasteiger partial charge in [-0.2, -0.15) is 0 Å². The Morgan fingerprint density at radius 3 is 2.88 bits per heavy atom. The molecule has 0 radical (unpaired) electrons. The van der Waals surface area contributed by atoms with E-state index in [4.69, 9.17) is 33.5 Å². The smallest absolute Gasteiger partial charge is 0.297 e. The zero-order chi connectivity index (χ0) is 24.0. The Morgan fingerprint density at radius 1 is 1.29 bits per heavy atom. The number of carbonyl (C=O) groups is 1. The SMILES string of the molecule is Nc1noc2c(N3CC[C@@H](NC(=O)c4ccc(-n5cnnc5C(F)F)cc4Cl)C3)ncc(Cl)c12. The van der Waals surface area contributed by atoms with Crippen LogP contribution in [0.15, 0.2) is 35.2 Å². The van der Waals surface area contributed by atoms with Gasteiger partial charge in [0.2, 0.25) is 11.4 Å². The highest BCUT2D eigenvalue weighted by atomic mass is 35.5. The van der Waals surface area contributed by atoms with Gasteiger partial charge in [0.05, 0.1) is 26.7 Å². The van der Waals surface area contributed by atoms with Gasteiger partial charge in [0, 0.05) is 25.3 Å². The summed E-state index contributed by atoms with van der Waals surface area (Å²) in [5.74, 6) is -0.193. The summed E-state index contributed by atoms with van der Waals surface area (Å²) < 4.78 is 32.6. The first kappa shape index (κ1) is 22.3. The zero-order valence-corrected chi connectivity index (χ0v) is 18.8. The van der Waals surface area contributed by atoms with Crippen LogP contribution in [-0.4, -0.2) is 49.9 Å². The monoisotopic (exact) mass is 508 g/mol. The summed E-state index contributed by atoms with van der Waals surface area (Å²) in [7, 11) is 0. The minimum atomic E-state index is -2.81. The third kappa shape index (κ3) is 3.88. The van der Waals surface area contributed by atoms with Crippen LogP contribution in [0.3, 0.4) is 0 Å². The zero-order valence-electron chi connectivity index (χ0n) is 17.3. The highest BCUT2D eigenvalue weighted by Gasteiger charge is 2.29. The maximum Gasteiger partial charge on any atom is 0.297 e. The lowest BCUT2D eigenvalue weighted by Gasteiger charge is -2.18. The number of hydrogen-bond donors (Lipinski definition) is 2. The first-order valence-electron chi connectivity index (χ1n) is 10.1. The van der Waals surface area contributed by atoms with Crippen molar-refractivity contribution in [2.75, 3.05) is 23.7 Å². The van der Waals surface area contributed by atoms with Gasteiger partial charge in [-0.15, -0.1) is 10.2 Å². The van der Waals surface area contributed by atoms with Gasteiger partial charge in [0.1, 0.15) is 6.33 Å². The van der Waals surface area contributed by atoms with Crippen molar-refractivity contribution in [3.8, 4) is 5.69 Å². The molecule has 0 aliphatic carbocycles. The quantitative estimate of drug-likeness (QED) is 0.418. The van der Waals surface area contributed by atoms with Crippen molar-refractivity contribution in [1.29, 1.82) is 0 Å². The van der Waals surface area contributed by atoms with Crippen LogP contribution in [0, 0.1) is 0 Å². The Morgan fingerprint density at radius 2 is 2.12 bits per heavy atom. The normalized spacial score (nSPS) is 16.0. The summed E-state index contributed by atoms with van der Waals surface area (Å²) in [5.41, 5.74) is 6.74. The van der Waals surface area contributed by atoms with Gasteiger partial charge in [-0.3, -0.25) is 9.36 Å². The second kappa shape index (κ2) is 8.69. The molecular formula is C20H16Cl2F2N8O2. The number of carbonyl (C=O) groups excluding carboxylic acids is 1. The molecule has 1 amide bonds. The van der Waals surface area contributed by atoms with Gasteiger partial charge in [-0.25, -0.2) is 13.8 Å². The molecule has 5 rings (SSSR count). The molecule has 176 valence electrons. The number of rotatable bonds is 5. The topological polar surface area (TPSA) is 128 Å². The summed E-state index contributed by atoms with van der Waals surface area (Å²) in [4.78, 5) is 19.1. The van der Waals surface area contributed by atoms with E-state index >= 15 is 0 Å². The lowest BCUT2D eigenvalue weighted by atomic mass is 10.1. The van der Waals surface area contributed by atoms with Gasteiger partial charge in [0.25, 0.3) is 12.3 Å². The summed E-state index contributed by atoms with van der Waals surface area (Å²) in [6, 6.07) is 4.19. The van der Waals surface area contributed by atoms with Crippen molar-refractivity contribution < 1.29 is 18.1 Å². The second-order valence-corrected chi connectivity index (χ2v) is 8.45. The third-order valence-corrected chi connectivity index (χ3v) is 6.13. The molecule has 0 spiro atoms. The molecule has 10 nitrogen and oxygen atoms in total. The van der Waals surface area contributed by atoms with E-state index in [0.29, 0.717) is 47.0 Å². The molecule has 1 atom stereocenters. The van der Waals surface area contributed by atoms with E-state index in [9.17, 15) is 13.6 Å². The highest BCUT2D eigenvalue weighted by Crippen LogP contribution is 2.35. The van der Waals surface area contributed by atoms with Crippen LogP contribution >= 0.6 is 23.2 Å². The number of halogens is 4. The largest absolute Gasteiger partial charge is 0.380 e. The molecule has 14 heteroatoms. The minimum Gasteiger partial charge on any atom is -0.380 e. The summed E-state index contributed by atoms with van der Waals surface area (Å²) in [6.07, 6.45) is 0.480. The van der Waals surface area contributed by atoms with Gasteiger partial charge in [-0.1, -0.05) is 28.4 Å². The van der Waals surface area contributed by atoms with Crippen LogP contribution in [-0.2, 0) is 0 Å². The maximum absolute atomic E-state index is 13.1. The number of nitrogens with one attached hydrogen (secondary N) is 1. The molecule has 4 aromatic rings. The number of fused-ring (bicyclic) bond motifs is 1. The summed E-state index contributed by atoms with van der Waals surface area (Å²) in [6.45, 7) is 1.07. The highest BCUT2D eigenvalue weighted by molar-refractivity contribution is 6.36. The van der Waals surface area contributed by atoms with E-state index in [2.05, 4.69) is 25.7 Å². The van der Waals surface area contributed by atoms with Crippen LogP contribution in [0.2, 0.25) is 10.0 Å². The third-order valence-electron chi connectivity index (χ3n) is 5.53. The van der Waals surface area contributed by atoms with E-state index in [0.717, 1.165) is 10.9 Å². The Bertz CT molecular complexity index is 1390. The fraction of sp³-hybridized carbons (Fsp3) is 0.250. The van der Waals surface area contributed by atoms with E-state index in [-0.39, 0.29) is 28.4 Å². The van der Waals surface area contributed by atoms with Crippen molar-refractivity contribution in [2.24, 2.45) is 0 Å². The van der Waals surface area contributed by atoms with Crippen molar-refractivity contribution in [3.05, 3.63) is 52.2 Å². The molecule has 4 heterocycles. The molecule has 1 aliphatic rings. The van der Waals surface area contributed by atoms with Crippen LogP contribution in [0.5, 0.6) is 0 Å². The molecular weight excluding hydrogens is 493 g/mol. The van der Waals surface area contributed by atoms with E-state index in [1.54, 1.807) is 0 Å². The maximum atomic E-state index is 13.1. The van der Waals surface area contributed by atoms with Crippen LogP contribution in [0.4, 0.5) is 20.4 Å².